The van der Waals surface area contributed by atoms with Gasteiger partial charge < -0.3 is 5.73 Å². The van der Waals surface area contributed by atoms with Crippen LogP contribution >= 0.6 is 11.6 Å². The lowest BCUT2D eigenvalue weighted by molar-refractivity contribution is 0.592. The van der Waals surface area contributed by atoms with Crippen molar-refractivity contribution in [3.63, 3.8) is 0 Å². The molecule has 4 nitrogen and oxygen atoms in total. The van der Waals surface area contributed by atoms with Gasteiger partial charge in [0.2, 0.25) is 0 Å². The average molecular weight is 361 g/mol. The van der Waals surface area contributed by atoms with E-state index in [0.717, 1.165) is 17.5 Å². The maximum atomic E-state index is 12.9. The predicted molar refractivity (Wildman–Crippen MR) is 93.5 cm³/mol. The molecule has 2 aromatic carbocycles. The molecule has 1 fully saturated rings. The lowest BCUT2D eigenvalue weighted by Gasteiger charge is -2.05. The van der Waals surface area contributed by atoms with E-state index in [1.165, 1.54) is 24.3 Å². The van der Waals surface area contributed by atoms with Crippen molar-refractivity contribution in [1.82, 2.24) is 0 Å². The lowest BCUT2D eigenvalue weighted by atomic mass is 10.0. The zero-order chi connectivity index (χ0) is 17.5. The summed E-state index contributed by atoms with van der Waals surface area (Å²) in [6, 6.07) is 15.5. The zero-order valence-corrected chi connectivity index (χ0v) is 14.7. The molecule has 0 saturated heterocycles. The fourth-order valence-electron chi connectivity index (χ4n) is 3.13. The first kappa shape index (κ1) is 17.0. The van der Waals surface area contributed by atoms with Gasteiger partial charge in [-0.3, -0.25) is 0 Å². The van der Waals surface area contributed by atoms with Gasteiger partial charge in [-0.15, -0.1) is 0 Å². The molecular weight excluding hydrogens is 344 g/mol. The molecule has 6 heteroatoms. The standard InChI is InChI=1S/C18H17ClN2O2S/c1-2-12-3-5-13(6-4-12)16-17(18(16,21)11-20)24(22,23)15-9-7-14(19)8-10-15/h3-10,16-17H,2,21H2,1H3/t16-,17-,18-/m1/s1. The second kappa shape index (κ2) is 5.89. The van der Waals surface area contributed by atoms with Gasteiger partial charge in [0.25, 0.3) is 0 Å². The minimum atomic E-state index is -3.72. The highest BCUT2D eigenvalue weighted by Crippen LogP contribution is 2.55. The molecule has 0 aliphatic heterocycles. The Kier molecular flexibility index (Phi) is 4.16. The second-order valence-electron chi connectivity index (χ2n) is 6.04. The third kappa shape index (κ3) is 2.61. The van der Waals surface area contributed by atoms with E-state index in [9.17, 15) is 13.7 Å². The summed E-state index contributed by atoms with van der Waals surface area (Å²) in [5, 5.41) is 8.96. The molecule has 0 spiro atoms. The van der Waals surface area contributed by atoms with Gasteiger partial charge in [-0.05, 0) is 41.8 Å². The fraction of sp³-hybridized carbons (Fsp3) is 0.278. The molecule has 0 bridgehead atoms. The summed E-state index contributed by atoms with van der Waals surface area (Å²) < 4.78 is 25.8. The summed E-state index contributed by atoms with van der Waals surface area (Å²) in [4.78, 5) is 0.134. The van der Waals surface area contributed by atoms with Crippen molar-refractivity contribution in [3.8, 4) is 6.07 Å². The van der Waals surface area contributed by atoms with E-state index < -0.39 is 26.5 Å². The molecular formula is C18H17ClN2O2S. The van der Waals surface area contributed by atoms with E-state index in [1.54, 1.807) is 0 Å². The van der Waals surface area contributed by atoms with E-state index >= 15 is 0 Å². The Labute approximate surface area is 146 Å². The van der Waals surface area contributed by atoms with Crippen molar-refractivity contribution < 1.29 is 8.42 Å². The Hall–Kier alpha value is -1.87. The van der Waals surface area contributed by atoms with Crippen LogP contribution in [-0.2, 0) is 16.3 Å². The molecule has 1 saturated carbocycles. The first-order valence-corrected chi connectivity index (χ1v) is 9.55. The summed E-state index contributed by atoms with van der Waals surface area (Å²) in [7, 11) is -3.72. The molecule has 1 aliphatic carbocycles. The Balaban J connectivity index is 2.00. The summed E-state index contributed by atoms with van der Waals surface area (Å²) in [5.41, 5.74) is 6.64. The second-order valence-corrected chi connectivity index (χ2v) is 8.54. The van der Waals surface area contributed by atoms with Crippen LogP contribution in [0.2, 0.25) is 5.02 Å². The van der Waals surface area contributed by atoms with Gasteiger partial charge in [0.15, 0.2) is 9.84 Å². The number of benzene rings is 2. The number of hydrogen-bond acceptors (Lipinski definition) is 4. The van der Waals surface area contributed by atoms with Crippen LogP contribution in [0.4, 0.5) is 0 Å². The van der Waals surface area contributed by atoms with E-state index in [2.05, 4.69) is 0 Å². The lowest BCUT2D eigenvalue weighted by Crippen LogP contribution is -2.29. The minimum Gasteiger partial charge on any atom is -0.312 e. The van der Waals surface area contributed by atoms with Crippen molar-refractivity contribution in [2.24, 2.45) is 5.73 Å². The van der Waals surface area contributed by atoms with Crippen molar-refractivity contribution in [2.75, 3.05) is 0 Å². The van der Waals surface area contributed by atoms with Crippen LogP contribution in [0.5, 0.6) is 0 Å². The highest BCUT2D eigenvalue weighted by Gasteiger charge is 2.70. The van der Waals surface area contributed by atoms with Crippen LogP contribution in [0.1, 0.15) is 24.0 Å². The molecule has 3 rings (SSSR count). The van der Waals surface area contributed by atoms with Crippen LogP contribution in [-0.4, -0.2) is 19.2 Å². The number of nitriles is 1. The first-order chi connectivity index (χ1) is 11.3. The molecule has 0 amide bonds. The number of rotatable bonds is 4. The quantitative estimate of drug-likeness (QED) is 0.908. The Morgan fingerprint density at radius 3 is 2.25 bits per heavy atom. The van der Waals surface area contributed by atoms with Crippen molar-refractivity contribution in [3.05, 3.63) is 64.7 Å². The molecule has 0 aromatic heterocycles. The average Bonchev–Trinajstić information content (AvgIpc) is 3.23. The number of nitrogens with two attached hydrogens (primary N) is 1. The molecule has 0 unspecified atom stereocenters. The normalized spacial score (nSPS) is 25.9. The zero-order valence-electron chi connectivity index (χ0n) is 13.1. The smallest absolute Gasteiger partial charge is 0.184 e. The van der Waals surface area contributed by atoms with Crippen LogP contribution < -0.4 is 5.73 Å². The van der Waals surface area contributed by atoms with Crippen molar-refractivity contribution in [2.45, 2.75) is 34.9 Å². The monoisotopic (exact) mass is 360 g/mol. The van der Waals surface area contributed by atoms with Gasteiger partial charge in [-0.25, -0.2) is 8.42 Å². The SMILES string of the molecule is CCc1ccc([C@@H]2[C@@H](S(=O)(=O)c3ccc(Cl)cc3)[C@@]2(N)C#N)cc1. The van der Waals surface area contributed by atoms with E-state index in [4.69, 9.17) is 17.3 Å². The number of sulfone groups is 1. The predicted octanol–water partition coefficient (Wildman–Crippen LogP) is 3.06. The highest BCUT2D eigenvalue weighted by atomic mass is 35.5. The highest BCUT2D eigenvalue weighted by molar-refractivity contribution is 7.92. The van der Waals surface area contributed by atoms with Crippen molar-refractivity contribution in [1.29, 1.82) is 5.26 Å². The van der Waals surface area contributed by atoms with Gasteiger partial charge in [-0.2, -0.15) is 5.26 Å². The molecule has 3 atom stereocenters. The van der Waals surface area contributed by atoms with Gasteiger partial charge in [-0.1, -0.05) is 42.8 Å². The summed E-state index contributed by atoms with van der Waals surface area (Å²) in [6.07, 6.45) is 0.892. The van der Waals surface area contributed by atoms with Crippen molar-refractivity contribution >= 4 is 21.4 Å². The van der Waals surface area contributed by atoms with Crippen LogP contribution in [0.25, 0.3) is 0 Å². The number of hydrogen-bond donors (Lipinski definition) is 1. The fourth-order valence-corrected chi connectivity index (χ4v) is 5.43. The van der Waals surface area contributed by atoms with E-state index in [1.807, 2.05) is 37.3 Å². The van der Waals surface area contributed by atoms with Crippen LogP contribution in [0, 0.1) is 11.3 Å². The molecule has 2 N–H and O–H groups in total. The molecule has 124 valence electrons. The maximum absolute atomic E-state index is 12.9. The maximum Gasteiger partial charge on any atom is 0.184 e. The Morgan fingerprint density at radius 1 is 1.17 bits per heavy atom. The third-order valence-electron chi connectivity index (χ3n) is 4.60. The van der Waals surface area contributed by atoms with E-state index in [0.29, 0.717) is 5.02 Å². The first-order valence-electron chi connectivity index (χ1n) is 7.63. The molecule has 0 heterocycles. The summed E-state index contributed by atoms with van der Waals surface area (Å²) in [6.45, 7) is 2.04. The minimum absolute atomic E-state index is 0.134. The topological polar surface area (TPSA) is 83.9 Å². The summed E-state index contributed by atoms with van der Waals surface area (Å²) in [5.74, 6) is -0.533. The molecule has 0 radical (unpaired) electrons. The van der Waals surface area contributed by atoms with E-state index in [-0.39, 0.29) is 4.90 Å². The molecule has 24 heavy (non-hydrogen) atoms. The Morgan fingerprint density at radius 2 is 1.75 bits per heavy atom. The largest absolute Gasteiger partial charge is 0.312 e. The molecule has 1 aliphatic rings. The summed E-state index contributed by atoms with van der Waals surface area (Å²) >= 11 is 5.82. The van der Waals surface area contributed by atoms with Gasteiger partial charge in [0, 0.05) is 10.9 Å². The third-order valence-corrected chi connectivity index (χ3v) is 7.11. The number of halogens is 1. The van der Waals surface area contributed by atoms with Gasteiger partial charge in [0.05, 0.1) is 11.0 Å². The van der Waals surface area contributed by atoms with Crippen LogP contribution in [0.15, 0.2) is 53.4 Å². The van der Waals surface area contributed by atoms with Gasteiger partial charge in [0.1, 0.15) is 10.8 Å². The Bertz CT molecular complexity index is 902. The number of nitrogens with zero attached hydrogens (tertiary/aromatic N) is 1. The number of aryl methyl sites for hydroxylation is 1. The molecule has 2 aromatic rings. The van der Waals surface area contributed by atoms with Crippen LogP contribution in [0.3, 0.4) is 0 Å². The van der Waals surface area contributed by atoms with Gasteiger partial charge >= 0.3 is 0 Å².